The molecule has 1 saturated heterocycles. The molecule has 2 N–H and O–H groups in total. The highest BCUT2D eigenvalue weighted by atomic mass is 32.1. The van der Waals surface area contributed by atoms with Crippen molar-refractivity contribution in [3.63, 3.8) is 0 Å². The first-order valence-electron chi connectivity index (χ1n) is 6.49. The third-order valence-electron chi connectivity index (χ3n) is 3.29. The standard InChI is InChI=1S/C13H21N3OS/c1-16-7-2-4-11(6-8-16)15-13(17)14-10-12-5-3-9-18-12/h3,5,9,11H,2,4,6-8,10H2,1H3,(H2,14,15,17). The lowest BCUT2D eigenvalue weighted by atomic mass is 10.1. The monoisotopic (exact) mass is 267 g/mol. The number of carbonyl (C=O) groups is 1. The van der Waals surface area contributed by atoms with Gasteiger partial charge in [0.15, 0.2) is 0 Å². The summed E-state index contributed by atoms with van der Waals surface area (Å²) < 4.78 is 0. The number of likely N-dealkylation sites (tertiary alicyclic amines) is 1. The van der Waals surface area contributed by atoms with Crippen LogP contribution in [0.5, 0.6) is 0 Å². The molecule has 0 radical (unpaired) electrons. The van der Waals surface area contributed by atoms with E-state index in [-0.39, 0.29) is 6.03 Å². The summed E-state index contributed by atoms with van der Waals surface area (Å²) in [5.74, 6) is 0. The van der Waals surface area contributed by atoms with Crippen LogP contribution in [0.3, 0.4) is 0 Å². The minimum absolute atomic E-state index is 0.0436. The highest BCUT2D eigenvalue weighted by Gasteiger charge is 2.16. The maximum Gasteiger partial charge on any atom is 0.315 e. The van der Waals surface area contributed by atoms with Gasteiger partial charge in [-0.15, -0.1) is 11.3 Å². The minimum atomic E-state index is -0.0436. The fourth-order valence-corrected chi connectivity index (χ4v) is 2.85. The highest BCUT2D eigenvalue weighted by molar-refractivity contribution is 7.09. The first-order valence-corrected chi connectivity index (χ1v) is 7.37. The lowest BCUT2D eigenvalue weighted by molar-refractivity contribution is 0.235. The summed E-state index contributed by atoms with van der Waals surface area (Å²) in [5, 5.41) is 8.00. The first-order chi connectivity index (χ1) is 8.74. The van der Waals surface area contributed by atoms with Gasteiger partial charge >= 0.3 is 6.03 Å². The van der Waals surface area contributed by atoms with E-state index < -0.39 is 0 Å². The van der Waals surface area contributed by atoms with Crippen LogP contribution >= 0.6 is 11.3 Å². The van der Waals surface area contributed by atoms with Crippen LogP contribution < -0.4 is 10.6 Å². The summed E-state index contributed by atoms with van der Waals surface area (Å²) in [4.78, 5) is 15.3. The Morgan fingerprint density at radius 3 is 3.17 bits per heavy atom. The molecule has 18 heavy (non-hydrogen) atoms. The van der Waals surface area contributed by atoms with Crippen molar-refractivity contribution in [3.05, 3.63) is 22.4 Å². The van der Waals surface area contributed by atoms with Crippen LogP contribution in [0, 0.1) is 0 Å². The summed E-state index contributed by atoms with van der Waals surface area (Å²) in [5.41, 5.74) is 0. The molecule has 1 unspecified atom stereocenters. The third kappa shape index (κ3) is 4.31. The second-order valence-corrected chi connectivity index (χ2v) is 5.87. The molecule has 1 aliphatic rings. The molecule has 1 aliphatic heterocycles. The van der Waals surface area contributed by atoms with E-state index in [0.717, 1.165) is 32.4 Å². The summed E-state index contributed by atoms with van der Waals surface area (Å²) >= 11 is 1.67. The van der Waals surface area contributed by atoms with Crippen molar-refractivity contribution in [2.75, 3.05) is 20.1 Å². The molecule has 1 aromatic heterocycles. The van der Waals surface area contributed by atoms with Crippen molar-refractivity contribution in [2.45, 2.75) is 31.8 Å². The average Bonchev–Trinajstić information content (AvgIpc) is 2.79. The van der Waals surface area contributed by atoms with E-state index >= 15 is 0 Å². The van der Waals surface area contributed by atoms with E-state index in [1.54, 1.807) is 11.3 Å². The Balaban J connectivity index is 1.70. The second-order valence-electron chi connectivity index (χ2n) is 4.84. The van der Waals surface area contributed by atoms with Gasteiger partial charge in [-0.05, 0) is 50.8 Å². The molecule has 1 atom stereocenters. The molecule has 0 aromatic carbocycles. The molecule has 0 saturated carbocycles. The number of nitrogens with zero attached hydrogens (tertiary/aromatic N) is 1. The molecule has 100 valence electrons. The first kappa shape index (κ1) is 13.4. The van der Waals surface area contributed by atoms with Crippen molar-refractivity contribution >= 4 is 17.4 Å². The van der Waals surface area contributed by atoms with Crippen LogP contribution in [0.1, 0.15) is 24.1 Å². The Bertz CT molecular complexity index is 366. The van der Waals surface area contributed by atoms with Crippen LogP contribution in [0.2, 0.25) is 0 Å². The van der Waals surface area contributed by atoms with Gasteiger partial charge in [0.1, 0.15) is 0 Å². The van der Waals surface area contributed by atoms with Crippen molar-refractivity contribution < 1.29 is 4.79 Å². The van der Waals surface area contributed by atoms with Gasteiger partial charge in [0.2, 0.25) is 0 Å². The van der Waals surface area contributed by atoms with Gasteiger partial charge < -0.3 is 15.5 Å². The zero-order chi connectivity index (χ0) is 12.8. The van der Waals surface area contributed by atoms with E-state index in [2.05, 4.69) is 22.6 Å². The smallest absolute Gasteiger partial charge is 0.315 e. The number of carbonyl (C=O) groups excluding carboxylic acids is 1. The van der Waals surface area contributed by atoms with Crippen molar-refractivity contribution in [3.8, 4) is 0 Å². The van der Waals surface area contributed by atoms with Gasteiger partial charge in [-0.3, -0.25) is 0 Å². The summed E-state index contributed by atoms with van der Waals surface area (Å²) in [6.07, 6.45) is 3.28. The summed E-state index contributed by atoms with van der Waals surface area (Å²) in [6.45, 7) is 2.82. The van der Waals surface area contributed by atoms with E-state index in [1.807, 2.05) is 17.5 Å². The normalized spacial score (nSPS) is 21.3. The fraction of sp³-hybridized carbons (Fsp3) is 0.615. The van der Waals surface area contributed by atoms with Crippen molar-refractivity contribution in [2.24, 2.45) is 0 Å². The summed E-state index contributed by atoms with van der Waals surface area (Å²) in [7, 11) is 2.14. The highest BCUT2D eigenvalue weighted by Crippen LogP contribution is 2.10. The number of rotatable bonds is 3. The number of hydrogen-bond acceptors (Lipinski definition) is 3. The number of hydrogen-bond donors (Lipinski definition) is 2. The molecule has 2 amide bonds. The quantitative estimate of drug-likeness (QED) is 0.880. The molecule has 1 fully saturated rings. The van der Waals surface area contributed by atoms with Crippen LogP contribution in [0.15, 0.2) is 17.5 Å². The maximum absolute atomic E-state index is 11.8. The SMILES string of the molecule is CN1CCCC(NC(=O)NCc2cccs2)CC1. The van der Waals surface area contributed by atoms with Crippen LogP contribution in [-0.2, 0) is 6.54 Å². The van der Waals surface area contributed by atoms with Gasteiger partial charge in [-0.1, -0.05) is 6.07 Å². The molecule has 2 heterocycles. The number of thiophene rings is 1. The van der Waals surface area contributed by atoms with E-state index in [1.165, 1.54) is 4.88 Å². The zero-order valence-corrected chi connectivity index (χ0v) is 11.6. The molecular weight excluding hydrogens is 246 g/mol. The van der Waals surface area contributed by atoms with Crippen LogP contribution in [0.4, 0.5) is 4.79 Å². The average molecular weight is 267 g/mol. The molecule has 5 heteroatoms. The fourth-order valence-electron chi connectivity index (χ4n) is 2.20. The maximum atomic E-state index is 11.8. The van der Waals surface area contributed by atoms with Gasteiger partial charge in [-0.2, -0.15) is 0 Å². The van der Waals surface area contributed by atoms with Crippen molar-refractivity contribution in [1.82, 2.24) is 15.5 Å². The predicted molar refractivity (Wildman–Crippen MR) is 74.8 cm³/mol. The molecule has 4 nitrogen and oxygen atoms in total. The molecule has 2 rings (SSSR count). The number of urea groups is 1. The second kappa shape index (κ2) is 6.75. The number of amides is 2. The Morgan fingerprint density at radius 1 is 1.50 bits per heavy atom. The van der Waals surface area contributed by atoms with Gasteiger partial charge in [0.05, 0.1) is 6.54 Å². The lowest BCUT2D eigenvalue weighted by Crippen LogP contribution is -2.42. The van der Waals surface area contributed by atoms with E-state index in [4.69, 9.17) is 0 Å². The topological polar surface area (TPSA) is 44.4 Å². The molecular formula is C13H21N3OS. The molecule has 0 aliphatic carbocycles. The lowest BCUT2D eigenvalue weighted by Gasteiger charge is -2.17. The zero-order valence-electron chi connectivity index (χ0n) is 10.8. The molecule has 0 bridgehead atoms. The summed E-state index contributed by atoms with van der Waals surface area (Å²) in [6, 6.07) is 4.31. The Kier molecular flexibility index (Phi) is 5.01. The largest absolute Gasteiger partial charge is 0.335 e. The third-order valence-corrected chi connectivity index (χ3v) is 4.17. The molecule has 1 aromatic rings. The van der Waals surface area contributed by atoms with Gasteiger partial charge in [-0.25, -0.2) is 4.79 Å². The number of nitrogens with one attached hydrogen (secondary N) is 2. The van der Waals surface area contributed by atoms with Crippen molar-refractivity contribution in [1.29, 1.82) is 0 Å². The van der Waals surface area contributed by atoms with Crippen LogP contribution in [-0.4, -0.2) is 37.1 Å². The predicted octanol–water partition coefficient (Wildman–Crippen LogP) is 2.03. The van der Waals surface area contributed by atoms with Crippen LogP contribution in [0.25, 0.3) is 0 Å². The van der Waals surface area contributed by atoms with E-state index in [9.17, 15) is 4.79 Å². The molecule has 0 spiro atoms. The van der Waals surface area contributed by atoms with E-state index in [0.29, 0.717) is 12.6 Å². The minimum Gasteiger partial charge on any atom is -0.335 e. The Labute approximate surface area is 112 Å². The van der Waals surface area contributed by atoms with Gasteiger partial charge in [0, 0.05) is 10.9 Å². The Hall–Kier alpha value is -1.07. The van der Waals surface area contributed by atoms with Gasteiger partial charge in [0.25, 0.3) is 0 Å². The Morgan fingerprint density at radius 2 is 2.39 bits per heavy atom.